The van der Waals surface area contributed by atoms with Crippen molar-refractivity contribution in [3.8, 4) is 0 Å². The average Bonchev–Trinajstić information content (AvgIpc) is 2.67. The highest BCUT2D eigenvalue weighted by Crippen LogP contribution is 2.36. The summed E-state index contributed by atoms with van der Waals surface area (Å²) < 4.78 is 0. The Morgan fingerprint density at radius 1 is 0.880 bits per heavy atom. The molecule has 0 unspecified atom stereocenters. The molecule has 2 nitrogen and oxygen atoms in total. The van der Waals surface area contributed by atoms with Gasteiger partial charge in [0.2, 0.25) is 5.91 Å². The number of hydrogen-bond acceptors (Lipinski definition) is 2. The number of rotatable bonds is 10. The van der Waals surface area contributed by atoms with Crippen LogP contribution in [0.4, 0.5) is 0 Å². The fourth-order valence-corrected chi connectivity index (χ4v) is 3.85. The lowest BCUT2D eigenvalue weighted by Crippen LogP contribution is -2.35. The number of unbranched alkanes of at least 4 members (excludes halogenated alkanes) is 2. The molecule has 0 saturated heterocycles. The summed E-state index contributed by atoms with van der Waals surface area (Å²) in [5.74, 6) is 0.238. The number of nitrogens with zero attached hydrogens (tertiary/aromatic N) is 1. The Labute approximate surface area is 156 Å². The molecule has 1 amide bonds. The van der Waals surface area contributed by atoms with E-state index in [1.165, 1.54) is 0 Å². The summed E-state index contributed by atoms with van der Waals surface area (Å²) in [6, 6.07) is 20.4. The van der Waals surface area contributed by atoms with Crippen molar-refractivity contribution in [2.75, 3.05) is 13.1 Å². The lowest BCUT2D eigenvalue weighted by molar-refractivity contribution is -0.130. The van der Waals surface area contributed by atoms with Gasteiger partial charge in [-0.25, -0.2) is 0 Å². The fraction of sp³-hybridized carbons (Fsp3) is 0.409. The second-order valence-corrected chi connectivity index (χ2v) is 7.43. The van der Waals surface area contributed by atoms with Crippen LogP contribution < -0.4 is 0 Å². The number of carbonyl (C=O) groups excluding carboxylic acids is 1. The van der Waals surface area contributed by atoms with Crippen LogP contribution in [-0.2, 0) is 4.79 Å². The SMILES string of the molecule is CCCCN(CCCC)C(=O)[C@@H](Sc1ccccc1)c1ccccc1. The molecule has 0 aliphatic carbocycles. The van der Waals surface area contributed by atoms with Crippen molar-refractivity contribution < 1.29 is 4.79 Å². The normalized spacial score (nSPS) is 11.9. The topological polar surface area (TPSA) is 20.3 Å². The first-order valence-corrected chi connectivity index (χ1v) is 10.2. The lowest BCUT2D eigenvalue weighted by Gasteiger charge is -2.27. The lowest BCUT2D eigenvalue weighted by atomic mass is 10.1. The number of hydrogen-bond donors (Lipinski definition) is 0. The summed E-state index contributed by atoms with van der Waals surface area (Å²) in [7, 11) is 0. The summed E-state index contributed by atoms with van der Waals surface area (Å²) in [6.07, 6.45) is 4.34. The molecule has 134 valence electrons. The number of benzene rings is 2. The highest BCUT2D eigenvalue weighted by Gasteiger charge is 2.26. The Kier molecular flexibility index (Phi) is 8.61. The molecule has 2 aromatic carbocycles. The third-order valence-corrected chi connectivity index (χ3v) is 5.45. The molecule has 0 spiro atoms. The molecule has 0 heterocycles. The van der Waals surface area contributed by atoms with Gasteiger partial charge in [0.05, 0.1) is 0 Å². The maximum absolute atomic E-state index is 13.4. The molecule has 0 N–H and O–H groups in total. The van der Waals surface area contributed by atoms with Crippen molar-refractivity contribution >= 4 is 17.7 Å². The first-order valence-electron chi connectivity index (χ1n) is 9.31. The van der Waals surface area contributed by atoms with Gasteiger partial charge < -0.3 is 4.90 Å². The van der Waals surface area contributed by atoms with Crippen LogP contribution in [0.2, 0.25) is 0 Å². The van der Waals surface area contributed by atoms with Crippen molar-refractivity contribution in [3.05, 3.63) is 66.2 Å². The molecular formula is C22H29NOS. The van der Waals surface area contributed by atoms with Gasteiger partial charge in [0.25, 0.3) is 0 Å². The molecule has 25 heavy (non-hydrogen) atoms. The Hall–Kier alpha value is -1.74. The zero-order chi connectivity index (χ0) is 17.9. The smallest absolute Gasteiger partial charge is 0.240 e. The maximum atomic E-state index is 13.4. The summed E-state index contributed by atoms with van der Waals surface area (Å²) in [5.41, 5.74) is 1.08. The van der Waals surface area contributed by atoms with Crippen molar-refractivity contribution in [2.24, 2.45) is 0 Å². The third kappa shape index (κ3) is 6.24. The molecule has 2 aromatic rings. The van der Waals surface area contributed by atoms with Gasteiger partial charge in [-0.05, 0) is 30.5 Å². The highest BCUT2D eigenvalue weighted by molar-refractivity contribution is 8.00. The van der Waals surface area contributed by atoms with Gasteiger partial charge in [0, 0.05) is 18.0 Å². The van der Waals surface area contributed by atoms with Crippen LogP contribution in [0.3, 0.4) is 0 Å². The average molecular weight is 356 g/mol. The van der Waals surface area contributed by atoms with Gasteiger partial charge in [-0.1, -0.05) is 75.2 Å². The predicted octanol–water partition coefficient (Wildman–Crippen LogP) is 5.95. The van der Waals surface area contributed by atoms with Gasteiger partial charge in [-0.3, -0.25) is 4.79 Å². The molecule has 0 radical (unpaired) electrons. The Morgan fingerprint density at radius 2 is 1.40 bits per heavy atom. The number of amides is 1. The van der Waals surface area contributed by atoms with Gasteiger partial charge in [0.1, 0.15) is 5.25 Å². The minimum Gasteiger partial charge on any atom is -0.341 e. The van der Waals surface area contributed by atoms with Crippen LogP contribution in [0.5, 0.6) is 0 Å². The minimum absolute atomic E-state index is 0.183. The largest absolute Gasteiger partial charge is 0.341 e. The van der Waals surface area contributed by atoms with Crippen LogP contribution in [0.25, 0.3) is 0 Å². The van der Waals surface area contributed by atoms with Crippen LogP contribution in [0.15, 0.2) is 65.6 Å². The molecule has 2 rings (SSSR count). The molecule has 0 aromatic heterocycles. The minimum atomic E-state index is -0.183. The zero-order valence-corrected chi connectivity index (χ0v) is 16.2. The first kappa shape index (κ1) is 19.6. The third-order valence-electron chi connectivity index (χ3n) is 4.20. The van der Waals surface area contributed by atoms with E-state index in [9.17, 15) is 4.79 Å². The van der Waals surface area contributed by atoms with E-state index >= 15 is 0 Å². The van der Waals surface area contributed by atoms with E-state index < -0.39 is 0 Å². The van der Waals surface area contributed by atoms with Gasteiger partial charge in [-0.2, -0.15) is 0 Å². The van der Waals surface area contributed by atoms with E-state index in [1.54, 1.807) is 11.8 Å². The van der Waals surface area contributed by atoms with Crippen LogP contribution in [-0.4, -0.2) is 23.9 Å². The van der Waals surface area contributed by atoms with Gasteiger partial charge in [-0.15, -0.1) is 11.8 Å². The van der Waals surface area contributed by atoms with E-state index in [4.69, 9.17) is 0 Å². The van der Waals surface area contributed by atoms with Gasteiger partial charge >= 0.3 is 0 Å². The van der Waals surface area contributed by atoms with Crippen LogP contribution in [0, 0.1) is 0 Å². The van der Waals surface area contributed by atoms with Crippen molar-refractivity contribution in [1.29, 1.82) is 0 Å². The molecular weight excluding hydrogens is 326 g/mol. The fourth-order valence-electron chi connectivity index (χ4n) is 2.72. The highest BCUT2D eigenvalue weighted by atomic mass is 32.2. The summed E-state index contributed by atoms with van der Waals surface area (Å²) in [4.78, 5) is 16.6. The molecule has 3 heteroatoms. The Morgan fingerprint density at radius 3 is 1.92 bits per heavy atom. The van der Waals surface area contributed by atoms with Crippen LogP contribution >= 0.6 is 11.8 Å². The van der Waals surface area contributed by atoms with E-state index in [0.29, 0.717) is 0 Å². The molecule has 0 fully saturated rings. The zero-order valence-electron chi connectivity index (χ0n) is 15.4. The molecule has 0 bridgehead atoms. The first-order chi connectivity index (χ1) is 12.3. The van der Waals surface area contributed by atoms with E-state index in [1.807, 2.05) is 36.4 Å². The summed E-state index contributed by atoms with van der Waals surface area (Å²) in [6.45, 7) is 6.06. The summed E-state index contributed by atoms with van der Waals surface area (Å²) >= 11 is 1.65. The standard InChI is InChI=1S/C22H29NOS/c1-3-5-17-23(18-6-4-2)22(24)21(19-13-9-7-10-14-19)25-20-15-11-8-12-16-20/h7-16,21H,3-6,17-18H2,1-2H3/t21-/m0/s1. The molecule has 1 atom stereocenters. The molecule has 0 saturated carbocycles. The quantitative estimate of drug-likeness (QED) is 0.491. The Balaban J connectivity index is 2.23. The maximum Gasteiger partial charge on any atom is 0.240 e. The molecule has 0 aliphatic heterocycles. The monoisotopic (exact) mass is 355 g/mol. The number of thioether (sulfide) groups is 1. The van der Waals surface area contributed by atoms with Crippen LogP contribution in [0.1, 0.15) is 50.3 Å². The van der Waals surface area contributed by atoms with E-state index in [-0.39, 0.29) is 11.2 Å². The van der Waals surface area contributed by atoms with Crippen molar-refractivity contribution in [2.45, 2.75) is 49.7 Å². The van der Waals surface area contributed by atoms with Gasteiger partial charge in [0.15, 0.2) is 0 Å². The number of carbonyl (C=O) groups is 1. The molecule has 0 aliphatic rings. The second-order valence-electron chi connectivity index (χ2n) is 6.25. The van der Waals surface area contributed by atoms with E-state index in [0.717, 1.165) is 49.2 Å². The second kappa shape index (κ2) is 11.0. The van der Waals surface area contributed by atoms with E-state index in [2.05, 4.69) is 43.0 Å². The summed E-state index contributed by atoms with van der Waals surface area (Å²) in [5, 5.41) is -0.183. The Bertz CT molecular complexity index is 606. The predicted molar refractivity (Wildman–Crippen MR) is 108 cm³/mol. The van der Waals surface area contributed by atoms with Crippen molar-refractivity contribution in [3.63, 3.8) is 0 Å². The van der Waals surface area contributed by atoms with Crippen molar-refractivity contribution in [1.82, 2.24) is 4.90 Å².